The molecule has 2 N–H and O–H groups in total. The van der Waals surface area contributed by atoms with Crippen LogP contribution in [0.4, 0.5) is 5.13 Å². The van der Waals surface area contributed by atoms with Gasteiger partial charge in [-0.1, -0.05) is 25.2 Å². The Bertz CT molecular complexity index is 292. The number of anilines is 1. The second-order valence-electron chi connectivity index (χ2n) is 3.52. The van der Waals surface area contributed by atoms with Crippen LogP contribution in [0.1, 0.15) is 25.3 Å². The first kappa shape index (κ1) is 13.3. The van der Waals surface area contributed by atoms with Gasteiger partial charge in [0.05, 0.1) is 13.2 Å². The molecule has 16 heavy (non-hydrogen) atoms. The fourth-order valence-electron chi connectivity index (χ4n) is 1.30. The second-order valence-corrected chi connectivity index (χ2v) is 4.58. The summed E-state index contributed by atoms with van der Waals surface area (Å²) in [5.41, 5.74) is 0. The first-order valence-electron chi connectivity index (χ1n) is 5.69. The van der Waals surface area contributed by atoms with Crippen molar-refractivity contribution in [2.75, 3.05) is 31.6 Å². The molecule has 0 saturated carbocycles. The molecule has 0 amide bonds. The highest BCUT2D eigenvalue weighted by Gasteiger charge is 2.08. The number of likely N-dealkylation sites (N-methyl/N-ethyl adjacent to an activating group) is 1. The molecule has 6 heteroatoms. The van der Waals surface area contributed by atoms with Gasteiger partial charge in [0.25, 0.3) is 0 Å². The van der Waals surface area contributed by atoms with Crippen LogP contribution in [0.25, 0.3) is 0 Å². The van der Waals surface area contributed by atoms with Crippen molar-refractivity contribution in [1.29, 1.82) is 0 Å². The molecule has 0 atom stereocenters. The van der Waals surface area contributed by atoms with Gasteiger partial charge in [0.1, 0.15) is 5.01 Å². The summed E-state index contributed by atoms with van der Waals surface area (Å²) in [5.74, 6) is 0. The molecule has 1 heterocycles. The molecule has 1 rings (SSSR count). The van der Waals surface area contributed by atoms with E-state index in [4.69, 9.17) is 5.11 Å². The Kier molecular flexibility index (Phi) is 6.29. The largest absolute Gasteiger partial charge is 0.395 e. The Morgan fingerprint density at radius 2 is 2.19 bits per heavy atom. The number of aliphatic hydroxyl groups is 1. The third kappa shape index (κ3) is 4.42. The summed E-state index contributed by atoms with van der Waals surface area (Å²) < 4.78 is 0. The molecular formula is C10H20N4OS. The summed E-state index contributed by atoms with van der Waals surface area (Å²) in [4.78, 5) is 2.14. The molecule has 5 nitrogen and oxygen atoms in total. The summed E-state index contributed by atoms with van der Waals surface area (Å²) >= 11 is 1.59. The van der Waals surface area contributed by atoms with Crippen molar-refractivity contribution in [2.24, 2.45) is 0 Å². The van der Waals surface area contributed by atoms with E-state index in [9.17, 15) is 0 Å². The lowest BCUT2D eigenvalue weighted by Gasteiger charge is -2.16. The Morgan fingerprint density at radius 1 is 1.38 bits per heavy atom. The zero-order valence-corrected chi connectivity index (χ0v) is 10.8. The third-order valence-corrected chi connectivity index (χ3v) is 3.08. The lowest BCUT2D eigenvalue weighted by atomic mass is 10.5. The minimum atomic E-state index is 0.188. The van der Waals surface area contributed by atoms with Gasteiger partial charge in [-0.15, -0.1) is 10.2 Å². The summed E-state index contributed by atoms with van der Waals surface area (Å²) in [6, 6.07) is 0. The molecule has 1 aromatic heterocycles. The molecule has 1 aromatic rings. The van der Waals surface area contributed by atoms with Crippen molar-refractivity contribution in [3.05, 3.63) is 5.01 Å². The Morgan fingerprint density at radius 3 is 2.81 bits per heavy atom. The maximum absolute atomic E-state index is 8.88. The van der Waals surface area contributed by atoms with Gasteiger partial charge in [-0.25, -0.2) is 0 Å². The molecule has 0 saturated heterocycles. The Balaban J connectivity index is 2.43. The lowest BCUT2D eigenvalue weighted by Crippen LogP contribution is -2.25. The molecule has 0 spiro atoms. The van der Waals surface area contributed by atoms with Crippen molar-refractivity contribution >= 4 is 16.5 Å². The Labute approximate surface area is 101 Å². The van der Waals surface area contributed by atoms with Crippen LogP contribution in [0.2, 0.25) is 0 Å². The quantitative estimate of drug-likeness (QED) is 0.719. The molecular weight excluding hydrogens is 224 g/mol. The number of hydrogen-bond donors (Lipinski definition) is 2. The van der Waals surface area contributed by atoms with Gasteiger partial charge in [0.15, 0.2) is 0 Å². The van der Waals surface area contributed by atoms with Gasteiger partial charge in [0, 0.05) is 13.1 Å². The van der Waals surface area contributed by atoms with E-state index in [1.165, 1.54) is 0 Å². The monoisotopic (exact) mass is 244 g/mol. The molecule has 0 aliphatic heterocycles. The summed E-state index contributed by atoms with van der Waals surface area (Å²) in [6.45, 7) is 7.69. The molecule has 0 aliphatic rings. The van der Waals surface area contributed by atoms with Gasteiger partial charge < -0.3 is 10.4 Å². The zero-order chi connectivity index (χ0) is 11.8. The number of nitrogens with zero attached hydrogens (tertiary/aromatic N) is 3. The Hall–Kier alpha value is -0.720. The van der Waals surface area contributed by atoms with Gasteiger partial charge in [-0.05, 0) is 13.0 Å². The molecule has 0 unspecified atom stereocenters. The van der Waals surface area contributed by atoms with E-state index in [0.717, 1.165) is 36.2 Å². The third-order valence-electron chi connectivity index (χ3n) is 2.22. The maximum atomic E-state index is 8.88. The van der Waals surface area contributed by atoms with Crippen molar-refractivity contribution < 1.29 is 5.11 Å². The van der Waals surface area contributed by atoms with Crippen molar-refractivity contribution in [3.63, 3.8) is 0 Å². The second kappa shape index (κ2) is 7.54. The average molecular weight is 244 g/mol. The van der Waals surface area contributed by atoms with Gasteiger partial charge >= 0.3 is 0 Å². The SMILES string of the molecule is CCCNc1nnc(CN(CC)CCO)s1. The number of hydrogen-bond acceptors (Lipinski definition) is 6. The van der Waals surface area contributed by atoms with E-state index < -0.39 is 0 Å². The van der Waals surface area contributed by atoms with Crippen molar-refractivity contribution in [1.82, 2.24) is 15.1 Å². The number of aromatic nitrogens is 2. The van der Waals surface area contributed by atoms with Crippen LogP contribution < -0.4 is 5.32 Å². The van der Waals surface area contributed by atoms with Crippen molar-refractivity contribution in [2.45, 2.75) is 26.8 Å². The van der Waals surface area contributed by atoms with E-state index >= 15 is 0 Å². The van der Waals surface area contributed by atoms with E-state index in [-0.39, 0.29) is 6.61 Å². The fraction of sp³-hybridized carbons (Fsp3) is 0.800. The van der Waals surface area contributed by atoms with E-state index in [0.29, 0.717) is 6.54 Å². The summed E-state index contributed by atoms with van der Waals surface area (Å²) in [7, 11) is 0. The van der Waals surface area contributed by atoms with Crippen LogP contribution in [-0.4, -0.2) is 46.4 Å². The predicted molar refractivity (Wildman–Crippen MR) is 66.7 cm³/mol. The number of rotatable bonds is 8. The molecule has 0 bridgehead atoms. The highest BCUT2D eigenvalue weighted by molar-refractivity contribution is 7.15. The minimum Gasteiger partial charge on any atom is -0.395 e. The average Bonchev–Trinajstić information content (AvgIpc) is 2.73. The van der Waals surface area contributed by atoms with Gasteiger partial charge in [-0.3, -0.25) is 4.90 Å². The molecule has 0 aromatic carbocycles. The van der Waals surface area contributed by atoms with Crippen LogP contribution in [0.3, 0.4) is 0 Å². The standard InChI is InChI=1S/C10H20N4OS/c1-3-5-11-10-13-12-9(16-10)8-14(4-2)6-7-15/h15H,3-8H2,1-2H3,(H,11,13). The first-order chi connectivity index (χ1) is 7.80. The zero-order valence-electron chi connectivity index (χ0n) is 9.94. The van der Waals surface area contributed by atoms with E-state index in [2.05, 4.69) is 34.3 Å². The highest BCUT2D eigenvalue weighted by Crippen LogP contribution is 2.16. The normalized spacial score (nSPS) is 11.0. The lowest BCUT2D eigenvalue weighted by molar-refractivity contribution is 0.196. The molecule has 92 valence electrons. The molecule has 0 radical (unpaired) electrons. The molecule has 0 aliphatic carbocycles. The number of aliphatic hydroxyl groups excluding tert-OH is 1. The molecule has 0 fully saturated rings. The minimum absolute atomic E-state index is 0.188. The maximum Gasteiger partial charge on any atom is 0.205 e. The first-order valence-corrected chi connectivity index (χ1v) is 6.51. The van der Waals surface area contributed by atoms with Crippen LogP contribution in [0, 0.1) is 0 Å². The summed E-state index contributed by atoms with van der Waals surface area (Å²) in [5, 5.41) is 22.2. The van der Waals surface area contributed by atoms with Crippen LogP contribution in [0.15, 0.2) is 0 Å². The summed E-state index contributed by atoms with van der Waals surface area (Å²) in [6.07, 6.45) is 1.08. The van der Waals surface area contributed by atoms with Gasteiger partial charge in [-0.2, -0.15) is 0 Å². The number of nitrogens with one attached hydrogen (secondary N) is 1. The topological polar surface area (TPSA) is 61.3 Å². The van der Waals surface area contributed by atoms with Crippen LogP contribution in [-0.2, 0) is 6.54 Å². The highest BCUT2D eigenvalue weighted by atomic mass is 32.1. The van der Waals surface area contributed by atoms with E-state index in [1.807, 2.05) is 0 Å². The van der Waals surface area contributed by atoms with Crippen LogP contribution in [0.5, 0.6) is 0 Å². The van der Waals surface area contributed by atoms with E-state index in [1.54, 1.807) is 11.3 Å². The van der Waals surface area contributed by atoms with Gasteiger partial charge in [0.2, 0.25) is 5.13 Å². The van der Waals surface area contributed by atoms with Crippen molar-refractivity contribution in [3.8, 4) is 0 Å². The smallest absolute Gasteiger partial charge is 0.205 e. The fourth-order valence-corrected chi connectivity index (χ4v) is 2.11. The van der Waals surface area contributed by atoms with Crippen LogP contribution >= 0.6 is 11.3 Å². The predicted octanol–water partition coefficient (Wildman–Crippen LogP) is 1.17.